The van der Waals surface area contributed by atoms with Crippen LogP contribution < -0.4 is 10.5 Å². The van der Waals surface area contributed by atoms with Crippen LogP contribution in [0, 0.1) is 0 Å². The van der Waals surface area contributed by atoms with Crippen LogP contribution >= 0.6 is 0 Å². The number of aryl methyl sites for hydroxylation is 1. The zero-order valence-electron chi connectivity index (χ0n) is 16.7. The molecule has 1 aromatic heterocycles. The summed E-state index contributed by atoms with van der Waals surface area (Å²) in [6.45, 7) is 2.98. The van der Waals surface area contributed by atoms with E-state index in [9.17, 15) is 0 Å². The number of aromatic nitrogens is 2. The first-order valence-electron chi connectivity index (χ1n) is 9.86. The summed E-state index contributed by atoms with van der Waals surface area (Å²) in [6.07, 6.45) is 11.7. The Kier molecular flexibility index (Phi) is 7.04. The maximum Gasteiger partial charge on any atom is 0.118 e. The molecule has 1 aliphatic rings. The molecule has 3 aromatic rings. The van der Waals surface area contributed by atoms with E-state index in [-0.39, 0.29) is 0 Å². The molecule has 146 valence electrons. The molecule has 4 nitrogen and oxygen atoms in total. The number of benzene rings is 2. The van der Waals surface area contributed by atoms with Gasteiger partial charge in [0.05, 0.1) is 7.11 Å². The number of rotatable bonds is 6. The van der Waals surface area contributed by atoms with Gasteiger partial charge < -0.3 is 15.0 Å². The maximum atomic E-state index is 5.22. The minimum atomic E-state index is 0.583. The van der Waals surface area contributed by atoms with Gasteiger partial charge in [0.1, 0.15) is 11.6 Å². The Morgan fingerprint density at radius 3 is 2.21 bits per heavy atom. The molecule has 0 bridgehead atoms. The highest BCUT2D eigenvalue weighted by Gasteiger charge is 2.13. The normalized spacial score (nSPS) is 13.2. The molecule has 0 saturated heterocycles. The lowest BCUT2D eigenvalue weighted by molar-refractivity contribution is 0.415. The second-order valence-corrected chi connectivity index (χ2v) is 6.94. The van der Waals surface area contributed by atoms with Gasteiger partial charge in [-0.3, -0.25) is 0 Å². The number of methoxy groups -OCH3 is 1. The number of allylic oxidation sites excluding steroid dienone is 1. The number of nitrogens with two attached hydrogens (primary N) is 1. The number of hydrogen-bond donors (Lipinski definition) is 1. The van der Waals surface area contributed by atoms with Crippen molar-refractivity contribution >= 4 is 6.08 Å². The average Bonchev–Trinajstić information content (AvgIpc) is 3.39. The Bertz CT molecular complexity index is 875. The molecule has 28 heavy (non-hydrogen) atoms. The fourth-order valence-electron chi connectivity index (χ4n) is 2.79. The van der Waals surface area contributed by atoms with E-state index in [0.717, 1.165) is 24.5 Å². The second-order valence-electron chi connectivity index (χ2n) is 6.94. The Balaban J connectivity index is 0.000000500. The molecule has 0 unspecified atom stereocenters. The minimum Gasteiger partial charge on any atom is -0.497 e. The smallest absolute Gasteiger partial charge is 0.118 e. The van der Waals surface area contributed by atoms with Gasteiger partial charge in [-0.15, -0.1) is 0 Å². The first kappa shape index (κ1) is 19.9. The SMILES string of the molecule is CCc1nccn1C/C=C/c1ccc(-c2ccc(OC)cc2)cc1.NC1CC1. The van der Waals surface area contributed by atoms with Gasteiger partial charge in [0.2, 0.25) is 0 Å². The van der Waals surface area contributed by atoms with E-state index in [4.69, 9.17) is 10.5 Å². The van der Waals surface area contributed by atoms with E-state index in [1.54, 1.807) is 7.11 Å². The molecule has 1 heterocycles. The molecular formula is C24H29N3O. The van der Waals surface area contributed by atoms with Crippen molar-refractivity contribution in [2.24, 2.45) is 5.73 Å². The number of ether oxygens (including phenoxy) is 1. The summed E-state index contributed by atoms with van der Waals surface area (Å²) in [7, 11) is 1.68. The summed E-state index contributed by atoms with van der Waals surface area (Å²) in [5.74, 6) is 2.00. The van der Waals surface area contributed by atoms with Gasteiger partial charge in [-0.25, -0.2) is 4.98 Å². The van der Waals surface area contributed by atoms with Crippen LogP contribution in [-0.4, -0.2) is 22.7 Å². The molecule has 1 aliphatic carbocycles. The van der Waals surface area contributed by atoms with Crippen LogP contribution in [0.25, 0.3) is 17.2 Å². The van der Waals surface area contributed by atoms with Gasteiger partial charge in [0.25, 0.3) is 0 Å². The Hall–Kier alpha value is -2.85. The lowest BCUT2D eigenvalue weighted by atomic mass is 10.0. The molecule has 1 saturated carbocycles. The van der Waals surface area contributed by atoms with Crippen LogP contribution in [0.1, 0.15) is 31.2 Å². The van der Waals surface area contributed by atoms with E-state index < -0.39 is 0 Å². The molecule has 2 aromatic carbocycles. The molecule has 1 fully saturated rings. The van der Waals surface area contributed by atoms with E-state index >= 15 is 0 Å². The number of nitrogens with zero attached hydrogens (tertiary/aromatic N) is 2. The third-order valence-corrected chi connectivity index (χ3v) is 4.69. The highest BCUT2D eigenvalue weighted by Crippen LogP contribution is 2.23. The van der Waals surface area contributed by atoms with E-state index in [0.29, 0.717) is 6.04 Å². The first-order valence-corrected chi connectivity index (χ1v) is 9.86. The van der Waals surface area contributed by atoms with Crippen molar-refractivity contribution in [3.8, 4) is 16.9 Å². The van der Waals surface area contributed by atoms with Crippen molar-refractivity contribution in [3.63, 3.8) is 0 Å². The maximum absolute atomic E-state index is 5.22. The third-order valence-electron chi connectivity index (χ3n) is 4.69. The largest absolute Gasteiger partial charge is 0.497 e. The standard InChI is InChI=1S/C21H22N2O.C3H7N/c1-3-21-22-14-16-23(21)15-4-5-17-6-8-18(9-7-17)19-10-12-20(24-2)13-11-19;4-3-1-2-3/h4-14,16H,3,15H2,1-2H3;3H,1-2,4H2/b5-4+;. The first-order chi connectivity index (χ1) is 13.7. The number of imidazole rings is 1. The zero-order valence-corrected chi connectivity index (χ0v) is 16.7. The van der Waals surface area contributed by atoms with Crippen molar-refractivity contribution in [1.82, 2.24) is 9.55 Å². The Labute approximate surface area is 167 Å². The molecule has 0 spiro atoms. The van der Waals surface area contributed by atoms with Crippen molar-refractivity contribution in [3.05, 3.63) is 78.4 Å². The summed E-state index contributed by atoms with van der Waals surface area (Å²) in [5.41, 5.74) is 8.82. The molecule has 2 N–H and O–H groups in total. The van der Waals surface area contributed by atoms with Gasteiger partial charge in [0.15, 0.2) is 0 Å². The van der Waals surface area contributed by atoms with Crippen molar-refractivity contribution in [2.45, 2.75) is 38.8 Å². The molecule has 0 radical (unpaired) electrons. The van der Waals surface area contributed by atoms with Crippen LogP contribution in [0.2, 0.25) is 0 Å². The molecular weight excluding hydrogens is 346 g/mol. The molecule has 0 atom stereocenters. The fourth-order valence-corrected chi connectivity index (χ4v) is 2.79. The molecule has 0 aliphatic heterocycles. The van der Waals surface area contributed by atoms with Gasteiger partial charge in [0, 0.05) is 31.4 Å². The number of hydrogen-bond acceptors (Lipinski definition) is 3. The highest BCUT2D eigenvalue weighted by molar-refractivity contribution is 5.66. The van der Waals surface area contributed by atoms with Crippen LogP contribution in [0.5, 0.6) is 5.75 Å². The van der Waals surface area contributed by atoms with Crippen molar-refractivity contribution in [2.75, 3.05) is 7.11 Å². The third kappa shape index (κ3) is 5.83. The quantitative estimate of drug-likeness (QED) is 0.664. The Morgan fingerprint density at radius 2 is 1.68 bits per heavy atom. The van der Waals surface area contributed by atoms with E-state index in [1.807, 2.05) is 24.5 Å². The lowest BCUT2D eigenvalue weighted by Gasteiger charge is -2.05. The summed E-state index contributed by atoms with van der Waals surface area (Å²) in [5, 5.41) is 0. The summed E-state index contributed by atoms with van der Waals surface area (Å²) in [4.78, 5) is 4.34. The zero-order chi connectivity index (χ0) is 19.8. The van der Waals surface area contributed by atoms with Gasteiger partial charge in [-0.1, -0.05) is 55.5 Å². The fraction of sp³-hybridized carbons (Fsp3) is 0.292. The van der Waals surface area contributed by atoms with Crippen molar-refractivity contribution in [1.29, 1.82) is 0 Å². The van der Waals surface area contributed by atoms with Crippen LogP contribution in [0.4, 0.5) is 0 Å². The van der Waals surface area contributed by atoms with Gasteiger partial charge >= 0.3 is 0 Å². The summed E-state index contributed by atoms with van der Waals surface area (Å²) >= 11 is 0. The van der Waals surface area contributed by atoms with E-state index in [2.05, 4.69) is 65.0 Å². The summed E-state index contributed by atoms with van der Waals surface area (Å²) in [6, 6.07) is 17.3. The van der Waals surface area contributed by atoms with Crippen LogP contribution in [0.3, 0.4) is 0 Å². The van der Waals surface area contributed by atoms with Gasteiger partial charge in [-0.05, 0) is 41.7 Å². The monoisotopic (exact) mass is 375 g/mol. The van der Waals surface area contributed by atoms with Gasteiger partial charge in [-0.2, -0.15) is 0 Å². The van der Waals surface area contributed by atoms with Crippen LogP contribution in [-0.2, 0) is 13.0 Å². The molecule has 4 rings (SSSR count). The second kappa shape index (κ2) is 9.90. The topological polar surface area (TPSA) is 53.1 Å². The molecule has 0 amide bonds. The lowest BCUT2D eigenvalue weighted by Crippen LogP contribution is -1.99. The summed E-state index contributed by atoms with van der Waals surface area (Å²) < 4.78 is 7.37. The minimum absolute atomic E-state index is 0.583. The predicted molar refractivity (Wildman–Crippen MR) is 116 cm³/mol. The highest BCUT2D eigenvalue weighted by atomic mass is 16.5. The molecule has 4 heteroatoms. The average molecular weight is 376 g/mol. The predicted octanol–water partition coefficient (Wildman–Crippen LogP) is 4.94. The van der Waals surface area contributed by atoms with Crippen molar-refractivity contribution < 1.29 is 4.74 Å². The Morgan fingerprint density at radius 1 is 1.07 bits per heavy atom. The van der Waals surface area contributed by atoms with Crippen LogP contribution in [0.15, 0.2) is 67.0 Å². The van der Waals surface area contributed by atoms with E-state index in [1.165, 1.54) is 29.5 Å².